The summed E-state index contributed by atoms with van der Waals surface area (Å²) in [6.45, 7) is 2.85. The van der Waals surface area contributed by atoms with Crippen molar-refractivity contribution in [2.45, 2.75) is 43.8 Å². The number of halogens is 3. The summed E-state index contributed by atoms with van der Waals surface area (Å²) in [6, 6.07) is 18.6. The third-order valence-electron chi connectivity index (χ3n) is 9.04. The molecule has 5 aromatic rings. The van der Waals surface area contributed by atoms with Gasteiger partial charge in [-0.1, -0.05) is 48.0 Å². The molecule has 12 heteroatoms. The van der Waals surface area contributed by atoms with E-state index in [2.05, 4.69) is 15.3 Å². The topological polar surface area (TPSA) is 137 Å². The van der Waals surface area contributed by atoms with Crippen LogP contribution in [0.2, 0.25) is 5.02 Å². The Balaban J connectivity index is 1.34. The van der Waals surface area contributed by atoms with Crippen LogP contribution in [-0.4, -0.2) is 46.1 Å². The monoisotopic (exact) mass is 684 g/mol. The van der Waals surface area contributed by atoms with Gasteiger partial charge in [0.2, 0.25) is 5.91 Å². The molecule has 0 bridgehead atoms. The second-order valence-electron chi connectivity index (χ2n) is 12.7. The van der Waals surface area contributed by atoms with Crippen molar-refractivity contribution in [3.05, 3.63) is 118 Å². The number of aliphatic hydroxyl groups is 1. The van der Waals surface area contributed by atoms with Crippen LogP contribution >= 0.6 is 11.6 Å². The fourth-order valence-corrected chi connectivity index (χ4v) is 6.10. The number of hydrogen-bond acceptors (Lipinski definition) is 7. The van der Waals surface area contributed by atoms with Crippen molar-refractivity contribution in [3.8, 4) is 22.8 Å². The molecule has 4 N–H and O–H groups in total. The number of benzene rings is 3. The lowest BCUT2D eigenvalue weighted by Gasteiger charge is -2.30. The van der Waals surface area contributed by atoms with E-state index in [9.17, 15) is 19.1 Å². The highest BCUT2D eigenvalue weighted by Gasteiger charge is 2.46. The number of carbonyl (C=O) groups excluding carboxylic acids is 2. The number of ether oxygens (including phenoxy) is 2. The van der Waals surface area contributed by atoms with Gasteiger partial charge in [0.05, 0.1) is 23.4 Å². The maximum atomic E-state index is 15.4. The van der Waals surface area contributed by atoms with Gasteiger partial charge in [0.1, 0.15) is 52.0 Å². The van der Waals surface area contributed by atoms with Crippen molar-refractivity contribution in [3.63, 3.8) is 0 Å². The van der Waals surface area contributed by atoms with E-state index in [1.807, 2.05) is 19.1 Å². The summed E-state index contributed by atoms with van der Waals surface area (Å²) >= 11 is 6.05. The molecule has 3 heterocycles. The van der Waals surface area contributed by atoms with E-state index in [4.69, 9.17) is 26.8 Å². The summed E-state index contributed by atoms with van der Waals surface area (Å²) in [5, 5.41) is 15.7. The van der Waals surface area contributed by atoms with Gasteiger partial charge >= 0.3 is 0 Å². The average Bonchev–Trinajstić information content (AvgIpc) is 3.84. The number of aryl methyl sites for hydroxylation is 1. The standard InChI is InChI=1S/C37H31ClF2N4O5/c1-19-8-9-20-12-21(13-29(31(20)43-19)49-23-10-11-23)34(45)42-17-37(47,22-6-4-3-5-7-22)30-15-25-33(48-18-36(25,2)35(41)46)32(44-30)24-14-26(38)28(40)16-27(24)39/h3-9,12-16,23,47H,10-11,17-18H2,1-2H3,(H2,41,46)(H,42,45)/t36-,37+/m0/s1. The first-order valence-electron chi connectivity index (χ1n) is 15.6. The molecular formula is C37H31ClF2N4O5. The molecule has 2 aromatic heterocycles. The van der Waals surface area contributed by atoms with Crippen molar-refractivity contribution >= 4 is 34.3 Å². The van der Waals surface area contributed by atoms with Gasteiger partial charge in [0.15, 0.2) is 0 Å². The predicted octanol–water partition coefficient (Wildman–Crippen LogP) is 5.88. The van der Waals surface area contributed by atoms with E-state index in [0.717, 1.165) is 24.6 Å². The van der Waals surface area contributed by atoms with E-state index in [0.29, 0.717) is 28.3 Å². The van der Waals surface area contributed by atoms with Crippen LogP contribution in [-0.2, 0) is 15.8 Å². The molecule has 0 saturated heterocycles. The highest BCUT2D eigenvalue weighted by molar-refractivity contribution is 6.31. The third-order valence-corrected chi connectivity index (χ3v) is 9.33. The third kappa shape index (κ3) is 5.83. The van der Waals surface area contributed by atoms with Crippen molar-refractivity contribution in [2.75, 3.05) is 13.2 Å². The quantitative estimate of drug-likeness (QED) is 0.165. The Morgan fingerprint density at radius 2 is 1.84 bits per heavy atom. The summed E-state index contributed by atoms with van der Waals surface area (Å²) in [4.78, 5) is 35.8. The zero-order valence-corrected chi connectivity index (χ0v) is 27.3. The molecule has 7 rings (SSSR count). The number of primary amides is 1. The number of hydrogen-bond donors (Lipinski definition) is 3. The van der Waals surface area contributed by atoms with Gasteiger partial charge in [-0.15, -0.1) is 0 Å². The van der Waals surface area contributed by atoms with Gasteiger partial charge in [0, 0.05) is 33.8 Å². The van der Waals surface area contributed by atoms with Crippen LogP contribution in [0.25, 0.3) is 22.2 Å². The minimum atomic E-state index is -2.04. The van der Waals surface area contributed by atoms with Crippen LogP contribution in [0.1, 0.15) is 52.6 Å². The molecule has 250 valence electrons. The number of nitrogens with one attached hydrogen (secondary N) is 1. The number of rotatable bonds is 9. The van der Waals surface area contributed by atoms with E-state index in [1.54, 1.807) is 49.4 Å². The molecule has 3 aromatic carbocycles. The molecule has 2 aliphatic rings. The summed E-state index contributed by atoms with van der Waals surface area (Å²) < 4.78 is 41.5. The normalized spacial score (nSPS) is 18.0. The van der Waals surface area contributed by atoms with Gasteiger partial charge < -0.3 is 25.6 Å². The Kier molecular flexibility index (Phi) is 7.99. The van der Waals surface area contributed by atoms with Gasteiger partial charge in [-0.2, -0.15) is 0 Å². The number of carbonyl (C=O) groups is 2. The molecule has 0 radical (unpaired) electrons. The lowest BCUT2D eigenvalue weighted by Crippen LogP contribution is -2.43. The Morgan fingerprint density at radius 1 is 1.08 bits per heavy atom. The average molecular weight is 685 g/mol. The molecule has 9 nitrogen and oxygen atoms in total. The van der Waals surface area contributed by atoms with Crippen LogP contribution in [0, 0.1) is 18.6 Å². The molecule has 0 spiro atoms. The van der Waals surface area contributed by atoms with Crippen LogP contribution in [0.4, 0.5) is 8.78 Å². The Labute approximate surface area is 285 Å². The van der Waals surface area contributed by atoms with Crippen LogP contribution in [0.3, 0.4) is 0 Å². The highest BCUT2D eigenvalue weighted by atomic mass is 35.5. The lowest BCUT2D eigenvalue weighted by atomic mass is 9.80. The number of fused-ring (bicyclic) bond motifs is 2. The summed E-state index contributed by atoms with van der Waals surface area (Å²) in [5.74, 6) is -2.69. The highest BCUT2D eigenvalue weighted by Crippen LogP contribution is 2.47. The Bertz CT molecular complexity index is 2160. The van der Waals surface area contributed by atoms with Gasteiger partial charge in [-0.25, -0.2) is 18.7 Å². The van der Waals surface area contributed by atoms with Crippen LogP contribution < -0.4 is 20.5 Å². The number of nitrogens with zero attached hydrogens (tertiary/aromatic N) is 2. The zero-order valence-electron chi connectivity index (χ0n) is 26.5. The smallest absolute Gasteiger partial charge is 0.251 e. The molecule has 1 saturated carbocycles. The SMILES string of the molecule is Cc1ccc2cc(C(=O)NC[C@@](O)(c3ccccc3)c3cc4c(c(-c5cc(Cl)c(F)cc5F)n3)OC[C@]4(C)C(N)=O)cc(OC3CC3)c2n1. The predicted molar refractivity (Wildman–Crippen MR) is 179 cm³/mol. The van der Waals surface area contributed by atoms with E-state index in [-0.39, 0.29) is 51.6 Å². The Hall–Kier alpha value is -5.13. The van der Waals surface area contributed by atoms with Gasteiger partial charge in [0.25, 0.3) is 5.91 Å². The van der Waals surface area contributed by atoms with Crippen LogP contribution in [0.15, 0.2) is 72.8 Å². The molecule has 49 heavy (non-hydrogen) atoms. The van der Waals surface area contributed by atoms with E-state index in [1.165, 1.54) is 6.07 Å². The first kappa shape index (κ1) is 32.4. The van der Waals surface area contributed by atoms with Crippen LogP contribution in [0.5, 0.6) is 11.5 Å². The van der Waals surface area contributed by atoms with E-state index >= 15 is 4.39 Å². The molecule has 1 aliphatic carbocycles. The lowest BCUT2D eigenvalue weighted by molar-refractivity contribution is -0.123. The minimum Gasteiger partial charge on any atom is -0.489 e. The van der Waals surface area contributed by atoms with Gasteiger partial charge in [-0.05, 0) is 62.6 Å². The molecule has 2 amide bonds. The molecule has 1 aliphatic heterocycles. The summed E-state index contributed by atoms with van der Waals surface area (Å²) in [7, 11) is 0. The maximum absolute atomic E-state index is 15.4. The first-order valence-corrected chi connectivity index (χ1v) is 16.0. The van der Waals surface area contributed by atoms with Crippen molar-refractivity contribution < 1.29 is 33.0 Å². The fraction of sp³-hybridized carbons (Fsp3) is 0.243. The molecule has 0 unspecified atom stereocenters. The fourth-order valence-electron chi connectivity index (χ4n) is 5.94. The minimum absolute atomic E-state index is 0.0364. The molecule has 2 atom stereocenters. The van der Waals surface area contributed by atoms with E-state index < -0.39 is 41.0 Å². The van der Waals surface area contributed by atoms with Gasteiger partial charge in [-0.3, -0.25) is 9.59 Å². The second-order valence-corrected chi connectivity index (χ2v) is 13.1. The van der Waals surface area contributed by atoms with Crippen molar-refractivity contribution in [1.82, 2.24) is 15.3 Å². The summed E-state index contributed by atoms with van der Waals surface area (Å²) in [6.07, 6.45) is 1.89. The zero-order chi connectivity index (χ0) is 34.7. The van der Waals surface area contributed by atoms with Crippen molar-refractivity contribution in [2.24, 2.45) is 5.73 Å². The number of aromatic nitrogens is 2. The molecule has 1 fully saturated rings. The molecular weight excluding hydrogens is 654 g/mol. The van der Waals surface area contributed by atoms with Crippen molar-refractivity contribution in [1.29, 1.82) is 0 Å². The Morgan fingerprint density at radius 3 is 2.55 bits per heavy atom. The second kappa shape index (κ2) is 12.1. The number of amides is 2. The number of nitrogens with two attached hydrogens (primary N) is 1. The summed E-state index contributed by atoms with van der Waals surface area (Å²) in [5.41, 5.74) is 4.29. The largest absolute Gasteiger partial charge is 0.489 e. The first-order chi connectivity index (χ1) is 23.4. The number of pyridine rings is 2. The maximum Gasteiger partial charge on any atom is 0.251 e.